The van der Waals surface area contributed by atoms with Crippen LogP contribution in [0.15, 0.2) is 65.6 Å². The summed E-state index contributed by atoms with van der Waals surface area (Å²) in [5.41, 5.74) is 1.99. The second-order valence-electron chi connectivity index (χ2n) is 4.78. The first-order chi connectivity index (χ1) is 11.3. The van der Waals surface area contributed by atoms with Crippen molar-refractivity contribution in [2.75, 3.05) is 7.11 Å². The third-order valence-corrected chi connectivity index (χ3v) is 3.22. The summed E-state index contributed by atoms with van der Waals surface area (Å²) in [6, 6.07) is 11.3. The fraction of sp³-hybridized carbons (Fsp3) is 0.0556. The highest BCUT2D eigenvalue weighted by molar-refractivity contribution is 6.11. The molecule has 3 rings (SSSR count). The minimum absolute atomic E-state index is 0.257. The molecule has 0 amide bonds. The molecule has 2 aromatic rings. The highest BCUT2D eigenvalue weighted by atomic mass is 16.6. The van der Waals surface area contributed by atoms with Crippen LogP contribution in [0.2, 0.25) is 0 Å². The number of pyridine rings is 1. The lowest BCUT2D eigenvalue weighted by Crippen LogP contribution is -2.02. The Morgan fingerprint density at radius 2 is 2.04 bits per heavy atom. The lowest BCUT2D eigenvalue weighted by Gasteiger charge is -2.02. The van der Waals surface area contributed by atoms with E-state index in [4.69, 9.17) is 9.47 Å². The van der Waals surface area contributed by atoms with Gasteiger partial charge < -0.3 is 9.47 Å². The van der Waals surface area contributed by atoms with Gasteiger partial charge in [-0.15, -0.1) is 0 Å². The Morgan fingerprint density at radius 3 is 2.83 bits per heavy atom. The van der Waals surface area contributed by atoms with E-state index in [9.17, 15) is 4.79 Å². The summed E-state index contributed by atoms with van der Waals surface area (Å²) in [4.78, 5) is 19.0. The van der Waals surface area contributed by atoms with Gasteiger partial charge in [-0.1, -0.05) is 18.2 Å². The summed E-state index contributed by atoms with van der Waals surface area (Å²) in [6.07, 6.45) is 8.68. The number of hydrogen-bond donors (Lipinski definition) is 0. The molecule has 0 radical (unpaired) electrons. The van der Waals surface area contributed by atoms with E-state index in [0.29, 0.717) is 0 Å². The number of hydrogen-bond acceptors (Lipinski definition) is 4. The Balaban J connectivity index is 1.82. The number of methoxy groups -OCH3 is 1. The van der Waals surface area contributed by atoms with Gasteiger partial charge in [0.2, 0.25) is 5.90 Å². The second kappa shape index (κ2) is 6.70. The standard InChI is InChI=1S/C18H14N2O3/c1-22-16-7-3-2-6-14(16)8-9-17-20-15(18(21)23-17)11-13-5-4-10-19-12-13/h2-12H,1H3/p+1. The molecule has 0 atom stereocenters. The molecule has 0 spiro atoms. The van der Waals surface area contributed by atoms with Crippen molar-refractivity contribution in [3.63, 3.8) is 0 Å². The lowest BCUT2D eigenvalue weighted by molar-refractivity contribution is -0.378. The summed E-state index contributed by atoms with van der Waals surface area (Å²) in [5.74, 6) is 0.532. The Hall–Kier alpha value is -3.21. The SMILES string of the molecule is COc1ccccc1C=CC1=NC(=Cc2ccc[nH+]c2)C(=O)O1. The van der Waals surface area contributed by atoms with Gasteiger partial charge in [0.15, 0.2) is 18.1 Å². The highest BCUT2D eigenvalue weighted by Crippen LogP contribution is 2.20. The van der Waals surface area contributed by atoms with Crippen molar-refractivity contribution in [2.24, 2.45) is 4.99 Å². The van der Waals surface area contributed by atoms with Gasteiger partial charge in [0.1, 0.15) is 5.75 Å². The average Bonchev–Trinajstić information content (AvgIpc) is 2.94. The number of nitrogens with one attached hydrogen (secondary N) is 1. The van der Waals surface area contributed by atoms with Gasteiger partial charge in [-0.05, 0) is 24.3 Å². The fourth-order valence-electron chi connectivity index (χ4n) is 2.12. The van der Waals surface area contributed by atoms with Crippen molar-refractivity contribution in [3.05, 3.63) is 71.7 Å². The molecule has 0 fully saturated rings. The molecule has 1 aromatic heterocycles. The highest BCUT2D eigenvalue weighted by Gasteiger charge is 2.21. The Bertz CT molecular complexity index is 808. The van der Waals surface area contributed by atoms with Crippen LogP contribution in [0, 0.1) is 0 Å². The normalized spacial score (nSPS) is 15.8. The predicted octanol–water partition coefficient (Wildman–Crippen LogP) is 2.52. The molecule has 0 saturated carbocycles. The van der Waals surface area contributed by atoms with E-state index < -0.39 is 5.97 Å². The van der Waals surface area contributed by atoms with Crippen molar-refractivity contribution in [3.8, 4) is 5.75 Å². The Kier molecular flexibility index (Phi) is 4.29. The molecule has 23 heavy (non-hydrogen) atoms. The average molecular weight is 307 g/mol. The number of benzene rings is 1. The number of H-pyrrole nitrogens is 1. The van der Waals surface area contributed by atoms with Crippen molar-refractivity contribution >= 4 is 24.0 Å². The topological polar surface area (TPSA) is 62.0 Å². The summed E-state index contributed by atoms with van der Waals surface area (Å²) in [7, 11) is 1.61. The van der Waals surface area contributed by atoms with Gasteiger partial charge in [-0.3, -0.25) is 0 Å². The number of nitrogens with zero attached hydrogens (tertiary/aromatic N) is 1. The van der Waals surface area contributed by atoms with Gasteiger partial charge >= 0.3 is 5.97 Å². The molecule has 5 nitrogen and oxygen atoms in total. The number of carbonyl (C=O) groups is 1. The van der Waals surface area contributed by atoms with Gasteiger partial charge in [0.05, 0.1) is 7.11 Å². The van der Waals surface area contributed by atoms with Gasteiger partial charge in [-0.25, -0.2) is 14.8 Å². The number of esters is 1. The van der Waals surface area contributed by atoms with E-state index in [-0.39, 0.29) is 11.6 Å². The number of ether oxygens (including phenoxy) is 2. The van der Waals surface area contributed by atoms with Crippen LogP contribution in [0.1, 0.15) is 11.1 Å². The number of rotatable bonds is 4. The number of aromatic amines is 1. The van der Waals surface area contributed by atoms with Gasteiger partial charge in [0.25, 0.3) is 0 Å². The van der Waals surface area contributed by atoms with E-state index in [0.717, 1.165) is 16.9 Å². The molecule has 0 unspecified atom stereocenters. The van der Waals surface area contributed by atoms with E-state index in [1.165, 1.54) is 0 Å². The summed E-state index contributed by atoms with van der Waals surface area (Å²) in [5, 5.41) is 0. The van der Waals surface area contributed by atoms with Crippen LogP contribution < -0.4 is 9.72 Å². The van der Waals surface area contributed by atoms with Crippen LogP contribution in [0.5, 0.6) is 5.75 Å². The molecule has 114 valence electrons. The first-order valence-corrected chi connectivity index (χ1v) is 7.06. The monoisotopic (exact) mass is 307 g/mol. The van der Waals surface area contributed by atoms with Gasteiger partial charge in [-0.2, -0.15) is 0 Å². The number of carbonyl (C=O) groups excluding carboxylic acids is 1. The molecule has 1 N–H and O–H groups in total. The van der Waals surface area contributed by atoms with E-state index in [1.54, 1.807) is 37.7 Å². The smallest absolute Gasteiger partial charge is 0.363 e. The second-order valence-corrected chi connectivity index (χ2v) is 4.78. The summed E-state index contributed by atoms with van der Waals surface area (Å²) >= 11 is 0. The minimum Gasteiger partial charge on any atom is -0.496 e. The number of cyclic esters (lactones) is 1. The van der Waals surface area contributed by atoms with Crippen molar-refractivity contribution in [2.45, 2.75) is 0 Å². The van der Waals surface area contributed by atoms with E-state index in [2.05, 4.69) is 9.98 Å². The summed E-state index contributed by atoms with van der Waals surface area (Å²) < 4.78 is 10.4. The molecule has 5 heteroatoms. The molecule has 0 aliphatic carbocycles. The maximum absolute atomic E-state index is 11.8. The quantitative estimate of drug-likeness (QED) is 0.644. The first-order valence-electron chi connectivity index (χ1n) is 7.06. The molecular formula is C18H15N2O3+. The zero-order valence-corrected chi connectivity index (χ0v) is 12.5. The van der Waals surface area contributed by atoms with Crippen LogP contribution in [0.3, 0.4) is 0 Å². The zero-order valence-electron chi connectivity index (χ0n) is 12.5. The molecule has 1 aromatic carbocycles. The maximum atomic E-state index is 11.8. The summed E-state index contributed by atoms with van der Waals surface area (Å²) in [6.45, 7) is 0. The Morgan fingerprint density at radius 1 is 1.17 bits per heavy atom. The number of aliphatic imine (C=N–C) groups is 1. The van der Waals surface area contributed by atoms with Crippen LogP contribution in [0.25, 0.3) is 12.2 Å². The van der Waals surface area contributed by atoms with Crippen molar-refractivity contribution in [1.29, 1.82) is 0 Å². The first kappa shape index (κ1) is 14.7. The van der Waals surface area contributed by atoms with Gasteiger partial charge in [0, 0.05) is 23.3 Å². The molecule has 1 aliphatic rings. The van der Waals surface area contributed by atoms with Crippen LogP contribution in [0.4, 0.5) is 0 Å². The molecule has 0 saturated heterocycles. The zero-order chi connectivity index (χ0) is 16.1. The van der Waals surface area contributed by atoms with Crippen molar-refractivity contribution < 1.29 is 19.3 Å². The van der Waals surface area contributed by atoms with Crippen LogP contribution in [-0.2, 0) is 9.53 Å². The number of para-hydroxylation sites is 1. The van der Waals surface area contributed by atoms with E-state index >= 15 is 0 Å². The largest absolute Gasteiger partial charge is 0.496 e. The molecule has 0 bridgehead atoms. The predicted molar refractivity (Wildman–Crippen MR) is 86.5 cm³/mol. The Labute approximate surface area is 133 Å². The fourth-order valence-corrected chi connectivity index (χ4v) is 2.12. The van der Waals surface area contributed by atoms with Crippen LogP contribution >= 0.6 is 0 Å². The third-order valence-electron chi connectivity index (χ3n) is 3.22. The number of aromatic nitrogens is 1. The molecular weight excluding hydrogens is 292 g/mol. The van der Waals surface area contributed by atoms with E-state index in [1.807, 2.05) is 36.4 Å². The third kappa shape index (κ3) is 3.52. The van der Waals surface area contributed by atoms with Crippen LogP contribution in [-0.4, -0.2) is 19.0 Å². The molecule has 2 heterocycles. The minimum atomic E-state index is -0.464. The maximum Gasteiger partial charge on any atom is 0.363 e. The lowest BCUT2D eigenvalue weighted by atomic mass is 10.2. The van der Waals surface area contributed by atoms with Crippen molar-refractivity contribution in [1.82, 2.24) is 0 Å². The molecule has 1 aliphatic heterocycles.